The van der Waals surface area contributed by atoms with E-state index in [1.165, 1.54) is 24.3 Å². The molecule has 4 nitrogen and oxygen atoms in total. The van der Waals surface area contributed by atoms with Crippen molar-refractivity contribution in [3.8, 4) is 0 Å². The van der Waals surface area contributed by atoms with Crippen LogP contribution in [0.5, 0.6) is 0 Å². The molecular formula is C14H11Cl2NO3S. The predicted molar refractivity (Wildman–Crippen MR) is 82.5 cm³/mol. The highest BCUT2D eigenvalue weighted by atomic mass is 35.5. The van der Waals surface area contributed by atoms with E-state index in [0.29, 0.717) is 0 Å². The van der Waals surface area contributed by atoms with Gasteiger partial charge in [0.15, 0.2) is 0 Å². The SMILES string of the molecule is Cc1ccc(S(=O)(=O)c2ccc(Cl)c(C=NO)c2Cl)cc1. The van der Waals surface area contributed by atoms with Crippen LogP contribution in [0.4, 0.5) is 0 Å². The summed E-state index contributed by atoms with van der Waals surface area (Å²) < 4.78 is 25.2. The summed E-state index contributed by atoms with van der Waals surface area (Å²) in [5.41, 5.74) is 1.10. The number of hydrogen-bond acceptors (Lipinski definition) is 4. The fourth-order valence-electron chi connectivity index (χ4n) is 1.78. The Bertz CT molecular complexity index is 800. The van der Waals surface area contributed by atoms with Crippen LogP contribution in [0.15, 0.2) is 51.3 Å². The zero-order valence-corrected chi connectivity index (χ0v) is 13.2. The minimum atomic E-state index is -3.78. The second kappa shape index (κ2) is 6.05. The van der Waals surface area contributed by atoms with Crippen LogP contribution >= 0.6 is 23.2 Å². The molecule has 0 aromatic heterocycles. The molecular weight excluding hydrogens is 333 g/mol. The zero-order chi connectivity index (χ0) is 15.6. The van der Waals surface area contributed by atoms with Gasteiger partial charge in [-0.25, -0.2) is 8.42 Å². The Morgan fingerprint density at radius 3 is 2.29 bits per heavy atom. The smallest absolute Gasteiger partial charge is 0.208 e. The molecule has 0 saturated heterocycles. The number of hydrogen-bond donors (Lipinski definition) is 1. The summed E-state index contributed by atoms with van der Waals surface area (Å²) in [4.78, 5) is 0.0385. The number of halogens is 2. The first-order valence-electron chi connectivity index (χ1n) is 5.85. The molecule has 2 aromatic carbocycles. The van der Waals surface area contributed by atoms with Crippen molar-refractivity contribution in [3.05, 3.63) is 57.6 Å². The molecule has 0 amide bonds. The van der Waals surface area contributed by atoms with Gasteiger partial charge in [0.1, 0.15) is 0 Å². The Labute approximate surface area is 132 Å². The molecule has 0 radical (unpaired) electrons. The summed E-state index contributed by atoms with van der Waals surface area (Å²) in [5, 5.41) is 11.6. The van der Waals surface area contributed by atoms with Crippen LogP contribution in [-0.4, -0.2) is 19.8 Å². The van der Waals surface area contributed by atoms with Gasteiger partial charge in [-0.3, -0.25) is 0 Å². The van der Waals surface area contributed by atoms with Crippen LogP contribution in [0.2, 0.25) is 10.0 Å². The van der Waals surface area contributed by atoms with E-state index in [4.69, 9.17) is 28.4 Å². The van der Waals surface area contributed by atoms with Crippen molar-refractivity contribution in [1.29, 1.82) is 0 Å². The number of rotatable bonds is 3. The molecule has 0 spiro atoms. The lowest BCUT2D eigenvalue weighted by Gasteiger charge is -2.10. The van der Waals surface area contributed by atoms with Crippen molar-refractivity contribution in [3.63, 3.8) is 0 Å². The van der Waals surface area contributed by atoms with Crippen molar-refractivity contribution < 1.29 is 13.6 Å². The van der Waals surface area contributed by atoms with Gasteiger partial charge >= 0.3 is 0 Å². The Balaban J connectivity index is 2.66. The third-order valence-corrected chi connectivity index (χ3v) is 5.56. The number of nitrogens with zero attached hydrogens (tertiary/aromatic N) is 1. The lowest BCUT2D eigenvalue weighted by atomic mass is 10.2. The monoisotopic (exact) mass is 343 g/mol. The second-order valence-corrected chi connectivity index (χ2v) is 7.04. The highest BCUT2D eigenvalue weighted by Crippen LogP contribution is 2.33. The van der Waals surface area contributed by atoms with E-state index >= 15 is 0 Å². The molecule has 0 aliphatic carbocycles. The highest BCUT2D eigenvalue weighted by Gasteiger charge is 2.23. The summed E-state index contributed by atoms with van der Waals surface area (Å²) in [6, 6.07) is 9.14. The largest absolute Gasteiger partial charge is 0.411 e. The normalized spacial score (nSPS) is 12.0. The van der Waals surface area contributed by atoms with Gasteiger partial charge in [0, 0.05) is 5.56 Å². The Kier molecular flexibility index (Phi) is 4.56. The molecule has 7 heteroatoms. The third kappa shape index (κ3) is 3.05. The summed E-state index contributed by atoms with van der Waals surface area (Å²) >= 11 is 12.0. The molecule has 0 aliphatic rings. The summed E-state index contributed by atoms with van der Waals surface area (Å²) in [5.74, 6) is 0. The van der Waals surface area contributed by atoms with Crippen LogP contribution in [0.3, 0.4) is 0 Å². The minimum absolute atomic E-state index is 0.0825. The van der Waals surface area contributed by atoms with Gasteiger partial charge in [0.2, 0.25) is 9.84 Å². The molecule has 0 aliphatic heterocycles. The van der Waals surface area contributed by atoms with E-state index in [9.17, 15) is 8.42 Å². The van der Waals surface area contributed by atoms with Gasteiger partial charge in [0.05, 0.1) is 26.1 Å². The van der Waals surface area contributed by atoms with Gasteiger partial charge in [-0.1, -0.05) is 46.1 Å². The van der Waals surface area contributed by atoms with E-state index in [2.05, 4.69) is 5.16 Å². The first-order valence-corrected chi connectivity index (χ1v) is 8.09. The molecule has 0 fully saturated rings. The summed E-state index contributed by atoms with van der Waals surface area (Å²) in [7, 11) is -3.78. The van der Waals surface area contributed by atoms with Crippen molar-refractivity contribution in [1.82, 2.24) is 0 Å². The maximum Gasteiger partial charge on any atom is 0.208 e. The fourth-order valence-corrected chi connectivity index (χ4v) is 3.89. The lowest BCUT2D eigenvalue weighted by molar-refractivity contribution is 0.322. The first kappa shape index (κ1) is 15.8. The van der Waals surface area contributed by atoms with Crippen molar-refractivity contribution in [2.45, 2.75) is 16.7 Å². The molecule has 0 saturated carbocycles. The van der Waals surface area contributed by atoms with E-state index < -0.39 is 9.84 Å². The number of oxime groups is 1. The van der Waals surface area contributed by atoms with Gasteiger partial charge in [-0.2, -0.15) is 0 Å². The molecule has 21 heavy (non-hydrogen) atoms. The number of aryl methyl sites for hydroxylation is 1. The van der Waals surface area contributed by atoms with E-state index in [0.717, 1.165) is 11.8 Å². The van der Waals surface area contributed by atoms with Crippen LogP contribution < -0.4 is 0 Å². The zero-order valence-electron chi connectivity index (χ0n) is 10.9. The molecule has 0 bridgehead atoms. The van der Waals surface area contributed by atoms with Crippen molar-refractivity contribution in [2.24, 2.45) is 5.16 Å². The first-order chi connectivity index (χ1) is 9.87. The average molecular weight is 344 g/mol. The Hall–Kier alpha value is -1.56. The van der Waals surface area contributed by atoms with Crippen molar-refractivity contribution in [2.75, 3.05) is 0 Å². The third-order valence-electron chi connectivity index (χ3n) is 2.90. The molecule has 0 unspecified atom stereocenters. The molecule has 1 N–H and O–H groups in total. The van der Waals surface area contributed by atoms with Crippen LogP contribution in [0.1, 0.15) is 11.1 Å². The molecule has 0 atom stereocenters. The molecule has 2 rings (SSSR count). The molecule has 2 aromatic rings. The van der Waals surface area contributed by atoms with Crippen LogP contribution in [-0.2, 0) is 9.84 Å². The Morgan fingerprint density at radius 2 is 1.71 bits per heavy atom. The molecule has 0 heterocycles. The number of sulfone groups is 1. The van der Waals surface area contributed by atoms with Gasteiger partial charge in [-0.05, 0) is 31.2 Å². The quantitative estimate of drug-likeness (QED) is 0.521. The van der Waals surface area contributed by atoms with E-state index in [1.807, 2.05) is 6.92 Å². The predicted octanol–water partition coefficient (Wildman–Crippen LogP) is 3.94. The minimum Gasteiger partial charge on any atom is -0.411 e. The highest BCUT2D eigenvalue weighted by molar-refractivity contribution is 7.91. The van der Waals surface area contributed by atoms with Gasteiger partial charge in [-0.15, -0.1) is 0 Å². The number of benzene rings is 2. The topological polar surface area (TPSA) is 66.7 Å². The van der Waals surface area contributed by atoms with Crippen LogP contribution in [0.25, 0.3) is 0 Å². The summed E-state index contributed by atoms with van der Waals surface area (Å²) in [6.45, 7) is 1.86. The van der Waals surface area contributed by atoms with Gasteiger partial charge in [0.25, 0.3) is 0 Å². The fraction of sp³-hybridized carbons (Fsp3) is 0.0714. The van der Waals surface area contributed by atoms with Crippen LogP contribution in [0, 0.1) is 6.92 Å². The maximum atomic E-state index is 12.6. The van der Waals surface area contributed by atoms with Gasteiger partial charge < -0.3 is 5.21 Å². The Morgan fingerprint density at radius 1 is 1.10 bits per heavy atom. The summed E-state index contributed by atoms with van der Waals surface area (Å²) in [6.07, 6.45) is 0.999. The maximum absolute atomic E-state index is 12.6. The average Bonchev–Trinajstić information content (AvgIpc) is 2.43. The van der Waals surface area contributed by atoms with E-state index in [-0.39, 0.29) is 25.4 Å². The van der Waals surface area contributed by atoms with E-state index in [1.54, 1.807) is 12.1 Å². The lowest BCUT2D eigenvalue weighted by Crippen LogP contribution is -2.04. The standard InChI is InChI=1S/C14H11Cl2NO3S/c1-9-2-4-10(5-3-9)21(19,20)13-7-6-12(15)11(8-17-18)14(13)16/h2-8,18H,1H3. The molecule has 110 valence electrons. The second-order valence-electron chi connectivity index (χ2n) is 4.33. The van der Waals surface area contributed by atoms with Crippen molar-refractivity contribution >= 4 is 39.3 Å².